The molecule has 0 atom stereocenters. The topological polar surface area (TPSA) is 81.0 Å². The Bertz CT molecular complexity index is 1550. The molecule has 0 aliphatic carbocycles. The average Bonchev–Trinajstić information content (AvgIpc) is 3.23. The Kier molecular flexibility index (Phi) is 8.65. The molecular formula is C27H28FN3O4S2. The van der Waals surface area contributed by atoms with Crippen LogP contribution in [0.15, 0.2) is 82.7 Å². The number of hydrogen-bond donors (Lipinski definition) is 0. The molecular weight excluding hydrogens is 513 g/mol. The first-order valence-electron chi connectivity index (χ1n) is 11.9. The number of rotatable bonds is 10. The Labute approximate surface area is 219 Å². The van der Waals surface area contributed by atoms with E-state index in [0.717, 1.165) is 11.1 Å². The van der Waals surface area contributed by atoms with Gasteiger partial charge in [0, 0.05) is 31.8 Å². The number of thiazole rings is 1. The lowest BCUT2D eigenvalue weighted by Crippen LogP contribution is -2.30. The van der Waals surface area contributed by atoms with Crippen LogP contribution in [0, 0.1) is 5.82 Å². The molecule has 7 nitrogen and oxygen atoms in total. The highest BCUT2D eigenvalue weighted by Gasteiger charge is 2.23. The van der Waals surface area contributed by atoms with Crippen LogP contribution in [0.1, 0.15) is 29.8 Å². The van der Waals surface area contributed by atoms with Crippen LogP contribution in [0.25, 0.3) is 10.2 Å². The van der Waals surface area contributed by atoms with Crippen molar-refractivity contribution in [1.29, 1.82) is 0 Å². The summed E-state index contributed by atoms with van der Waals surface area (Å²) in [6, 6.07) is 19.6. The number of nitrogens with zero attached hydrogens (tertiary/aromatic N) is 3. The molecule has 0 N–H and O–H groups in total. The van der Waals surface area contributed by atoms with Crippen molar-refractivity contribution < 1.29 is 22.3 Å². The molecule has 0 radical (unpaired) electrons. The summed E-state index contributed by atoms with van der Waals surface area (Å²) in [7, 11) is -3.75. The van der Waals surface area contributed by atoms with Gasteiger partial charge in [-0.15, -0.1) is 0 Å². The summed E-state index contributed by atoms with van der Waals surface area (Å²) in [5, 5.41) is 0. The van der Waals surface area contributed by atoms with Gasteiger partial charge in [0.15, 0.2) is 4.80 Å². The summed E-state index contributed by atoms with van der Waals surface area (Å²) in [4.78, 5) is 17.8. The summed E-state index contributed by atoms with van der Waals surface area (Å²) in [6.45, 7) is 5.67. The molecule has 4 rings (SSSR count). The van der Waals surface area contributed by atoms with E-state index in [1.54, 1.807) is 13.0 Å². The van der Waals surface area contributed by atoms with Gasteiger partial charge in [-0.2, -0.15) is 9.30 Å². The van der Waals surface area contributed by atoms with E-state index in [4.69, 9.17) is 4.74 Å². The minimum Gasteiger partial charge on any atom is -0.380 e. The Morgan fingerprint density at radius 3 is 2.46 bits per heavy atom. The van der Waals surface area contributed by atoms with E-state index in [2.05, 4.69) is 4.99 Å². The van der Waals surface area contributed by atoms with Crippen LogP contribution < -0.4 is 4.80 Å². The molecule has 0 saturated heterocycles. The number of fused-ring (bicyclic) bond motifs is 1. The zero-order valence-electron chi connectivity index (χ0n) is 20.6. The average molecular weight is 542 g/mol. The number of hydrogen-bond acceptors (Lipinski definition) is 5. The molecule has 37 heavy (non-hydrogen) atoms. The van der Waals surface area contributed by atoms with Gasteiger partial charge in [0.2, 0.25) is 10.0 Å². The second-order valence-electron chi connectivity index (χ2n) is 8.20. The fourth-order valence-corrected chi connectivity index (χ4v) is 6.39. The minimum atomic E-state index is -3.75. The molecule has 0 aliphatic heterocycles. The largest absolute Gasteiger partial charge is 0.380 e. The maximum atomic E-state index is 13.8. The molecule has 0 spiro atoms. The number of carbonyl (C=O) groups excluding carboxylic acids is 1. The molecule has 194 valence electrons. The lowest BCUT2D eigenvalue weighted by molar-refractivity contribution is 0.0996. The predicted octanol–water partition coefficient (Wildman–Crippen LogP) is 4.83. The van der Waals surface area contributed by atoms with Gasteiger partial charge >= 0.3 is 0 Å². The molecule has 10 heteroatoms. The van der Waals surface area contributed by atoms with E-state index in [-0.39, 0.29) is 22.8 Å². The van der Waals surface area contributed by atoms with Gasteiger partial charge in [-0.25, -0.2) is 12.8 Å². The SMILES string of the molecule is CCOCCn1c(=NC(=O)c2ccc(S(=O)(=O)N(CC)Cc3ccccc3)cc2)sc2cc(F)ccc21. The van der Waals surface area contributed by atoms with E-state index >= 15 is 0 Å². The molecule has 4 aromatic rings. The van der Waals surface area contributed by atoms with Crippen molar-refractivity contribution in [2.24, 2.45) is 4.99 Å². The second-order valence-corrected chi connectivity index (χ2v) is 11.2. The van der Waals surface area contributed by atoms with Crippen LogP contribution in [-0.4, -0.2) is 43.0 Å². The first-order valence-corrected chi connectivity index (χ1v) is 14.2. The van der Waals surface area contributed by atoms with Crippen LogP contribution in [0.4, 0.5) is 4.39 Å². The maximum absolute atomic E-state index is 13.8. The predicted molar refractivity (Wildman–Crippen MR) is 142 cm³/mol. The van der Waals surface area contributed by atoms with Crippen molar-refractivity contribution in [3.63, 3.8) is 0 Å². The molecule has 0 fully saturated rings. The van der Waals surface area contributed by atoms with Gasteiger partial charge in [0.25, 0.3) is 5.91 Å². The number of sulfonamides is 1. The highest BCUT2D eigenvalue weighted by atomic mass is 32.2. The summed E-state index contributed by atoms with van der Waals surface area (Å²) in [5.41, 5.74) is 1.90. The molecule has 0 unspecified atom stereocenters. The fourth-order valence-electron chi connectivity index (χ4n) is 3.87. The third-order valence-corrected chi connectivity index (χ3v) is 8.78. The Morgan fingerprint density at radius 2 is 1.78 bits per heavy atom. The monoisotopic (exact) mass is 541 g/mol. The van der Waals surface area contributed by atoms with Gasteiger partial charge in [-0.1, -0.05) is 48.6 Å². The van der Waals surface area contributed by atoms with E-state index < -0.39 is 15.9 Å². The third kappa shape index (κ3) is 6.22. The molecule has 1 aromatic heterocycles. The van der Waals surface area contributed by atoms with E-state index in [1.165, 1.54) is 52.0 Å². The van der Waals surface area contributed by atoms with Crippen LogP contribution in [0.5, 0.6) is 0 Å². The molecule has 0 saturated carbocycles. The molecule has 1 heterocycles. The van der Waals surface area contributed by atoms with Crippen molar-refractivity contribution in [3.05, 3.63) is 94.5 Å². The normalized spacial score (nSPS) is 12.5. The van der Waals surface area contributed by atoms with Crippen molar-refractivity contribution in [1.82, 2.24) is 8.87 Å². The smallest absolute Gasteiger partial charge is 0.279 e. The Morgan fingerprint density at radius 1 is 1.05 bits per heavy atom. The second kappa shape index (κ2) is 11.9. The van der Waals surface area contributed by atoms with Gasteiger partial charge in [-0.05, 0) is 55.0 Å². The summed E-state index contributed by atoms with van der Waals surface area (Å²) < 4.78 is 49.5. The van der Waals surface area contributed by atoms with Gasteiger partial charge in [0.1, 0.15) is 5.82 Å². The van der Waals surface area contributed by atoms with Crippen LogP contribution >= 0.6 is 11.3 Å². The quantitative estimate of drug-likeness (QED) is 0.269. The highest BCUT2D eigenvalue weighted by Crippen LogP contribution is 2.21. The Hall–Kier alpha value is -3.18. The van der Waals surface area contributed by atoms with Crippen LogP contribution in [0.3, 0.4) is 0 Å². The molecule has 0 aliphatic rings. The molecule has 3 aromatic carbocycles. The summed E-state index contributed by atoms with van der Waals surface area (Å²) >= 11 is 1.21. The van der Waals surface area contributed by atoms with Crippen molar-refractivity contribution in [2.45, 2.75) is 31.8 Å². The molecule has 0 bridgehead atoms. The maximum Gasteiger partial charge on any atom is 0.279 e. The van der Waals surface area contributed by atoms with Crippen LogP contribution in [-0.2, 0) is 27.8 Å². The first kappa shape index (κ1) is 26.9. The Balaban J connectivity index is 1.61. The highest BCUT2D eigenvalue weighted by molar-refractivity contribution is 7.89. The van der Waals surface area contributed by atoms with Gasteiger partial charge in [-0.3, -0.25) is 4.79 Å². The first-order chi connectivity index (χ1) is 17.8. The van der Waals surface area contributed by atoms with E-state index in [1.807, 2.05) is 41.8 Å². The third-order valence-electron chi connectivity index (χ3n) is 5.80. The van der Waals surface area contributed by atoms with E-state index in [0.29, 0.717) is 35.8 Å². The van der Waals surface area contributed by atoms with Gasteiger partial charge in [0.05, 0.1) is 21.7 Å². The number of ether oxygens (including phenoxy) is 1. The number of carbonyl (C=O) groups is 1. The van der Waals surface area contributed by atoms with Crippen molar-refractivity contribution in [2.75, 3.05) is 19.8 Å². The fraction of sp³-hybridized carbons (Fsp3) is 0.259. The summed E-state index contributed by atoms with van der Waals surface area (Å²) in [6.07, 6.45) is 0. The zero-order valence-corrected chi connectivity index (χ0v) is 22.3. The lowest BCUT2D eigenvalue weighted by Gasteiger charge is -2.20. The summed E-state index contributed by atoms with van der Waals surface area (Å²) in [5.74, 6) is -0.883. The van der Waals surface area contributed by atoms with Crippen LogP contribution in [0.2, 0.25) is 0 Å². The van der Waals surface area contributed by atoms with Gasteiger partial charge < -0.3 is 9.30 Å². The standard InChI is InChI=1S/C27H28FN3O4S2/c1-3-30(19-20-8-6-5-7-9-20)37(33,34)23-13-10-21(11-14-23)26(32)29-27-31(16-17-35-4-2)24-15-12-22(28)18-25(24)36-27/h5-15,18H,3-4,16-17,19H2,1-2H3. The van der Waals surface area contributed by atoms with E-state index in [9.17, 15) is 17.6 Å². The van der Waals surface area contributed by atoms with Crippen molar-refractivity contribution >= 4 is 37.5 Å². The van der Waals surface area contributed by atoms with Crippen molar-refractivity contribution in [3.8, 4) is 0 Å². The minimum absolute atomic E-state index is 0.103. The number of aromatic nitrogens is 1. The number of benzene rings is 3. The number of amides is 1. The number of halogens is 1. The molecule has 1 amide bonds. The lowest BCUT2D eigenvalue weighted by atomic mass is 10.2. The zero-order chi connectivity index (χ0) is 26.4.